The quantitative estimate of drug-likeness (QED) is 0.116. The second kappa shape index (κ2) is 15.1. The SMILES string of the molecule is C=CCCCCCOc1ccc(OC(=O)c2ccc(O[C@@H](C)CCCCCC)cc2)cc1. The van der Waals surface area contributed by atoms with E-state index in [0.29, 0.717) is 17.9 Å². The maximum absolute atomic E-state index is 12.4. The van der Waals surface area contributed by atoms with Crippen molar-refractivity contribution in [3.63, 3.8) is 0 Å². The Morgan fingerprint density at radius 1 is 0.875 bits per heavy atom. The standard InChI is InChI=1S/C28H38O4/c1-4-6-8-10-12-22-30-25-18-20-27(21-19-25)32-28(29)24-14-16-26(17-15-24)31-23(3)13-11-9-7-5-2/h4,14-21,23H,1,5-13,22H2,2-3H3/t23-/m0/s1. The number of hydrogen-bond acceptors (Lipinski definition) is 4. The van der Waals surface area contributed by atoms with Crippen LogP contribution in [-0.4, -0.2) is 18.7 Å². The van der Waals surface area contributed by atoms with Crippen LogP contribution in [0.2, 0.25) is 0 Å². The smallest absolute Gasteiger partial charge is 0.343 e. The number of carbonyl (C=O) groups is 1. The van der Waals surface area contributed by atoms with E-state index < -0.39 is 0 Å². The number of ether oxygens (including phenoxy) is 3. The molecule has 0 aliphatic heterocycles. The van der Waals surface area contributed by atoms with Gasteiger partial charge in [-0.2, -0.15) is 0 Å². The number of hydrogen-bond donors (Lipinski definition) is 0. The van der Waals surface area contributed by atoms with Gasteiger partial charge in [-0.05, 0) is 94.0 Å². The molecule has 0 radical (unpaired) electrons. The van der Waals surface area contributed by atoms with Gasteiger partial charge in [0.25, 0.3) is 0 Å². The van der Waals surface area contributed by atoms with Gasteiger partial charge in [0.2, 0.25) is 0 Å². The maximum atomic E-state index is 12.4. The molecule has 2 aromatic rings. The number of unbranched alkanes of at least 4 members (excludes halogenated alkanes) is 6. The summed E-state index contributed by atoms with van der Waals surface area (Å²) in [5.74, 6) is 1.66. The van der Waals surface area contributed by atoms with Gasteiger partial charge in [0.1, 0.15) is 17.2 Å². The first-order chi connectivity index (χ1) is 15.6. The fraction of sp³-hybridized carbons (Fsp3) is 0.464. The van der Waals surface area contributed by atoms with Crippen LogP contribution in [0.4, 0.5) is 0 Å². The molecule has 4 heteroatoms. The van der Waals surface area contributed by atoms with Crippen molar-refractivity contribution in [3.8, 4) is 17.2 Å². The third kappa shape index (κ3) is 10.0. The van der Waals surface area contributed by atoms with E-state index in [-0.39, 0.29) is 12.1 Å². The van der Waals surface area contributed by atoms with Crippen LogP contribution in [0.1, 0.15) is 82.0 Å². The number of esters is 1. The predicted molar refractivity (Wildman–Crippen MR) is 131 cm³/mol. The zero-order valence-electron chi connectivity index (χ0n) is 19.7. The molecule has 0 bridgehead atoms. The Kier molecular flexibility index (Phi) is 12.1. The lowest BCUT2D eigenvalue weighted by Gasteiger charge is -2.14. The van der Waals surface area contributed by atoms with Crippen molar-refractivity contribution < 1.29 is 19.0 Å². The lowest BCUT2D eigenvalue weighted by molar-refractivity contribution is 0.0734. The highest BCUT2D eigenvalue weighted by molar-refractivity contribution is 5.91. The number of rotatable bonds is 16. The molecule has 0 unspecified atom stereocenters. The van der Waals surface area contributed by atoms with Crippen LogP contribution in [-0.2, 0) is 0 Å². The highest BCUT2D eigenvalue weighted by Gasteiger charge is 2.10. The summed E-state index contributed by atoms with van der Waals surface area (Å²) < 4.78 is 17.2. The van der Waals surface area contributed by atoms with Crippen LogP contribution in [0.25, 0.3) is 0 Å². The van der Waals surface area contributed by atoms with Gasteiger partial charge in [-0.1, -0.05) is 32.3 Å². The molecule has 4 nitrogen and oxygen atoms in total. The van der Waals surface area contributed by atoms with Crippen molar-refractivity contribution in [3.05, 3.63) is 66.7 Å². The van der Waals surface area contributed by atoms with Crippen LogP contribution >= 0.6 is 0 Å². The van der Waals surface area contributed by atoms with Crippen molar-refractivity contribution in [1.29, 1.82) is 0 Å². The monoisotopic (exact) mass is 438 g/mol. The molecule has 0 N–H and O–H groups in total. The predicted octanol–water partition coefficient (Wildman–Crippen LogP) is 7.77. The summed E-state index contributed by atoms with van der Waals surface area (Å²) in [5.41, 5.74) is 0.493. The minimum absolute atomic E-state index is 0.164. The molecule has 174 valence electrons. The normalized spacial score (nSPS) is 11.6. The highest BCUT2D eigenvalue weighted by Crippen LogP contribution is 2.21. The molecule has 0 aromatic heterocycles. The van der Waals surface area contributed by atoms with Crippen molar-refractivity contribution in [1.82, 2.24) is 0 Å². The fourth-order valence-electron chi connectivity index (χ4n) is 3.35. The first kappa shape index (κ1) is 25.5. The summed E-state index contributed by atoms with van der Waals surface area (Å²) in [4.78, 5) is 12.4. The second-order valence-corrected chi connectivity index (χ2v) is 8.15. The van der Waals surface area contributed by atoms with Gasteiger partial charge in [0.15, 0.2) is 0 Å². The molecule has 1 atom stereocenters. The Morgan fingerprint density at radius 2 is 1.53 bits per heavy atom. The van der Waals surface area contributed by atoms with Crippen LogP contribution < -0.4 is 14.2 Å². The topological polar surface area (TPSA) is 44.8 Å². The number of benzene rings is 2. The van der Waals surface area contributed by atoms with E-state index in [2.05, 4.69) is 20.4 Å². The molecule has 0 saturated heterocycles. The van der Waals surface area contributed by atoms with Gasteiger partial charge in [-0.15, -0.1) is 6.58 Å². The Morgan fingerprint density at radius 3 is 2.22 bits per heavy atom. The van der Waals surface area contributed by atoms with Crippen LogP contribution in [0.15, 0.2) is 61.2 Å². The van der Waals surface area contributed by atoms with Crippen LogP contribution in [0.5, 0.6) is 17.2 Å². The number of carbonyl (C=O) groups excluding carboxylic acids is 1. The lowest BCUT2D eigenvalue weighted by atomic mass is 10.1. The molecule has 0 aliphatic rings. The Balaban J connectivity index is 1.74. The molecule has 0 aliphatic carbocycles. The highest BCUT2D eigenvalue weighted by atomic mass is 16.5. The Hall–Kier alpha value is -2.75. The third-order valence-electron chi connectivity index (χ3n) is 5.25. The van der Waals surface area contributed by atoms with Gasteiger partial charge in [-0.3, -0.25) is 0 Å². The molecule has 2 aromatic carbocycles. The van der Waals surface area contributed by atoms with E-state index >= 15 is 0 Å². The minimum Gasteiger partial charge on any atom is -0.494 e. The van der Waals surface area contributed by atoms with Crippen molar-refractivity contribution in [2.75, 3.05) is 6.61 Å². The molecular formula is C28H38O4. The summed E-state index contributed by atoms with van der Waals surface area (Å²) in [6, 6.07) is 14.3. The summed E-state index contributed by atoms with van der Waals surface area (Å²) in [6.45, 7) is 8.71. The Labute approximate surface area is 193 Å². The first-order valence-electron chi connectivity index (χ1n) is 11.9. The van der Waals surface area contributed by atoms with Gasteiger partial charge >= 0.3 is 5.97 Å². The zero-order chi connectivity index (χ0) is 23.0. The third-order valence-corrected chi connectivity index (χ3v) is 5.25. The molecule has 0 spiro atoms. The van der Waals surface area contributed by atoms with E-state index in [0.717, 1.165) is 43.6 Å². The summed E-state index contributed by atoms with van der Waals surface area (Å²) in [7, 11) is 0. The van der Waals surface area contributed by atoms with Crippen LogP contribution in [0, 0.1) is 0 Å². The lowest BCUT2D eigenvalue weighted by Crippen LogP contribution is -2.12. The maximum Gasteiger partial charge on any atom is 0.343 e. The fourth-order valence-corrected chi connectivity index (χ4v) is 3.35. The van der Waals surface area contributed by atoms with Gasteiger partial charge < -0.3 is 14.2 Å². The minimum atomic E-state index is -0.389. The summed E-state index contributed by atoms with van der Waals surface area (Å²) >= 11 is 0. The molecule has 2 rings (SSSR count). The van der Waals surface area contributed by atoms with E-state index in [1.165, 1.54) is 25.7 Å². The average Bonchev–Trinajstić information content (AvgIpc) is 2.80. The van der Waals surface area contributed by atoms with Gasteiger partial charge in [0.05, 0.1) is 18.3 Å². The van der Waals surface area contributed by atoms with Gasteiger partial charge in [0, 0.05) is 0 Å². The van der Waals surface area contributed by atoms with Crippen LogP contribution in [0.3, 0.4) is 0 Å². The zero-order valence-corrected chi connectivity index (χ0v) is 19.7. The molecule has 0 fully saturated rings. The largest absolute Gasteiger partial charge is 0.494 e. The van der Waals surface area contributed by atoms with Gasteiger partial charge in [-0.25, -0.2) is 4.79 Å². The van der Waals surface area contributed by atoms with Crippen molar-refractivity contribution >= 4 is 5.97 Å². The molecule has 0 saturated carbocycles. The first-order valence-corrected chi connectivity index (χ1v) is 11.9. The Bertz CT molecular complexity index is 780. The van der Waals surface area contributed by atoms with E-state index in [1.54, 1.807) is 24.3 Å². The molecular weight excluding hydrogens is 400 g/mol. The summed E-state index contributed by atoms with van der Waals surface area (Å²) in [5, 5.41) is 0. The van der Waals surface area contributed by atoms with Crippen molar-refractivity contribution in [2.45, 2.75) is 77.7 Å². The summed E-state index contributed by atoms with van der Waals surface area (Å²) in [6.07, 6.45) is 12.4. The molecule has 32 heavy (non-hydrogen) atoms. The van der Waals surface area contributed by atoms with E-state index in [9.17, 15) is 4.79 Å². The van der Waals surface area contributed by atoms with E-state index in [1.807, 2.05) is 30.3 Å². The molecule has 0 heterocycles. The van der Waals surface area contributed by atoms with E-state index in [4.69, 9.17) is 14.2 Å². The second-order valence-electron chi connectivity index (χ2n) is 8.15. The van der Waals surface area contributed by atoms with Crippen molar-refractivity contribution in [2.24, 2.45) is 0 Å². The molecule has 0 amide bonds. The number of allylic oxidation sites excluding steroid dienone is 1. The average molecular weight is 439 g/mol.